The molecule has 0 saturated heterocycles. The topological polar surface area (TPSA) is 23.5 Å². The second-order valence-electron chi connectivity index (χ2n) is 5.56. The fourth-order valence-corrected chi connectivity index (χ4v) is 2.42. The summed E-state index contributed by atoms with van der Waals surface area (Å²) in [6.45, 7) is 5.86. The van der Waals surface area contributed by atoms with Crippen molar-refractivity contribution in [1.29, 1.82) is 0 Å². The largest absolute Gasteiger partial charge is 0.387 e. The van der Waals surface area contributed by atoms with Gasteiger partial charge in [0.1, 0.15) is 0 Å². The summed E-state index contributed by atoms with van der Waals surface area (Å²) in [5.41, 5.74) is 3.38. The molecule has 2 heteroatoms. The third kappa shape index (κ3) is 4.61. The average Bonchev–Trinajstić information content (AvgIpc) is 2.52. The Morgan fingerprint density at radius 1 is 1.00 bits per heavy atom. The molecular weight excluding hydrogens is 258 g/mol. The van der Waals surface area contributed by atoms with Gasteiger partial charge in [0.25, 0.3) is 0 Å². The first kappa shape index (κ1) is 15.6. The minimum atomic E-state index is -0.456. The van der Waals surface area contributed by atoms with Crippen LogP contribution in [0.1, 0.15) is 37.0 Å². The molecule has 0 fully saturated rings. The van der Waals surface area contributed by atoms with Gasteiger partial charge in [0.05, 0.1) is 6.10 Å². The van der Waals surface area contributed by atoms with Gasteiger partial charge < -0.3 is 10.0 Å². The monoisotopic (exact) mass is 283 g/mol. The Bertz CT molecular complexity index is 521. The zero-order valence-corrected chi connectivity index (χ0v) is 13.0. The van der Waals surface area contributed by atoms with E-state index >= 15 is 0 Å². The Labute approximate surface area is 128 Å². The van der Waals surface area contributed by atoms with Crippen molar-refractivity contribution in [2.24, 2.45) is 0 Å². The minimum Gasteiger partial charge on any atom is -0.387 e. The van der Waals surface area contributed by atoms with E-state index in [9.17, 15) is 5.11 Å². The third-order valence-electron chi connectivity index (χ3n) is 3.76. The molecule has 0 bridgehead atoms. The zero-order chi connectivity index (χ0) is 15.1. The average molecular weight is 283 g/mol. The minimum absolute atomic E-state index is 0.456. The van der Waals surface area contributed by atoms with E-state index in [1.807, 2.05) is 30.3 Å². The highest BCUT2D eigenvalue weighted by molar-refractivity contribution is 5.46. The lowest BCUT2D eigenvalue weighted by molar-refractivity contribution is 0.183. The maximum absolute atomic E-state index is 10.5. The molecule has 2 rings (SSSR count). The molecule has 0 aliphatic heterocycles. The van der Waals surface area contributed by atoms with E-state index in [1.165, 1.54) is 11.3 Å². The fraction of sp³-hybridized carbons (Fsp3) is 0.368. The van der Waals surface area contributed by atoms with Crippen LogP contribution in [-0.2, 0) is 0 Å². The summed E-state index contributed by atoms with van der Waals surface area (Å²) >= 11 is 0. The molecule has 0 heterocycles. The van der Waals surface area contributed by atoms with Gasteiger partial charge in [0.15, 0.2) is 0 Å². The smallest absolute Gasteiger partial charge is 0.0964 e. The van der Waals surface area contributed by atoms with E-state index in [4.69, 9.17) is 0 Å². The molecule has 0 aliphatic carbocycles. The van der Waals surface area contributed by atoms with Crippen LogP contribution in [0.4, 0.5) is 5.69 Å². The van der Waals surface area contributed by atoms with Gasteiger partial charge in [-0.3, -0.25) is 0 Å². The van der Waals surface area contributed by atoms with Gasteiger partial charge in [0.2, 0.25) is 0 Å². The highest BCUT2D eigenvalue weighted by Gasteiger charge is 2.13. The van der Waals surface area contributed by atoms with Gasteiger partial charge in [-0.2, -0.15) is 0 Å². The lowest BCUT2D eigenvalue weighted by Gasteiger charge is -2.27. The number of rotatable bonds is 7. The lowest BCUT2D eigenvalue weighted by Crippen LogP contribution is -2.29. The van der Waals surface area contributed by atoms with Crippen LogP contribution < -0.4 is 4.90 Å². The Morgan fingerprint density at radius 3 is 2.29 bits per heavy atom. The quantitative estimate of drug-likeness (QED) is 0.817. The van der Waals surface area contributed by atoms with Crippen LogP contribution in [0.3, 0.4) is 0 Å². The second kappa shape index (κ2) is 7.84. The molecule has 2 nitrogen and oxygen atoms in total. The van der Waals surface area contributed by atoms with Crippen LogP contribution in [0.2, 0.25) is 0 Å². The molecular formula is C19H25NO. The molecule has 1 atom stereocenters. The first-order valence-corrected chi connectivity index (χ1v) is 7.75. The number of hydrogen-bond acceptors (Lipinski definition) is 2. The Hall–Kier alpha value is -1.80. The van der Waals surface area contributed by atoms with Gasteiger partial charge in [-0.05, 0) is 31.0 Å². The van der Waals surface area contributed by atoms with E-state index in [1.54, 1.807) is 0 Å². The first-order valence-electron chi connectivity index (χ1n) is 7.75. The van der Waals surface area contributed by atoms with Crippen molar-refractivity contribution in [3.63, 3.8) is 0 Å². The van der Waals surface area contributed by atoms with Gasteiger partial charge in [0, 0.05) is 18.8 Å². The fourth-order valence-electron chi connectivity index (χ4n) is 2.42. The Balaban J connectivity index is 2.09. The molecule has 2 aromatic carbocycles. The van der Waals surface area contributed by atoms with E-state index in [0.29, 0.717) is 6.54 Å². The summed E-state index contributed by atoms with van der Waals surface area (Å²) in [7, 11) is 0. The predicted molar refractivity (Wildman–Crippen MR) is 89.7 cm³/mol. The molecule has 0 radical (unpaired) electrons. The van der Waals surface area contributed by atoms with Gasteiger partial charge in [-0.15, -0.1) is 0 Å². The molecule has 1 N–H and O–H groups in total. The number of benzene rings is 2. The van der Waals surface area contributed by atoms with E-state index in [0.717, 1.165) is 24.9 Å². The van der Waals surface area contributed by atoms with Crippen molar-refractivity contribution in [3.05, 3.63) is 65.7 Å². The van der Waals surface area contributed by atoms with Crippen LogP contribution in [-0.4, -0.2) is 18.2 Å². The van der Waals surface area contributed by atoms with Crippen LogP contribution in [0.25, 0.3) is 0 Å². The normalized spacial score (nSPS) is 12.1. The van der Waals surface area contributed by atoms with Crippen molar-refractivity contribution < 1.29 is 5.11 Å². The molecule has 0 aliphatic rings. The first-order chi connectivity index (χ1) is 10.2. The lowest BCUT2D eigenvalue weighted by atomic mass is 10.1. The molecule has 0 aromatic heterocycles. The van der Waals surface area contributed by atoms with E-state index < -0.39 is 6.10 Å². The number of anilines is 1. The highest BCUT2D eigenvalue weighted by atomic mass is 16.3. The number of hydrogen-bond donors (Lipinski definition) is 1. The van der Waals surface area contributed by atoms with Gasteiger partial charge in [-0.25, -0.2) is 0 Å². The summed E-state index contributed by atoms with van der Waals surface area (Å²) in [5, 5.41) is 10.5. The Morgan fingerprint density at radius 2 is 1.67 bits per heavy atom. The van der Waals surface area contributed by atoms with Crippen LogP contribution >= 0.6 is 0 Å². The van der Waals surface area contributed by atoms with Gasteiger partial charge >= 0.3 is 0 Å². The highest BCUT2D eigenvalue weighted by Crippen LogP contribution is 2.20. The van der Waals surface area contributed by atoms with Crippen molar-refractivity contribution in [3.8, 4) is 0 Å². The summed E-state index contributed by atoms with van der Waals surface area (Å²) in [6, 6.07) is 18.5. The van der Waals surface area contributed by atoms with Crippen molar-refractivity contribution in [2.75, 3.05) is 18.0 Å². The molecule has 0 amide bonds. The standard InChI is InChI=1S/C19H25NO/c1-3-4-14-20(18-8-6-5-7-9-18)15-19(21)17-12-10-16(2)11-13-17/h5-13,19,21H,3-4,14-15H2,1-2H3. The van der Waals surface area contributed by atoms with Crippen LogP contribution in [0.5, 0.6) is 0 Å². The second-order valence-corrected chi connectivity index (χ2v) is 5.56. The Kier molecular flexibility index (Phi) is 5.82. The molecule has 0 saturated carbocycles. The molecule has 1 unspecified atom stereocenters. The SMILES string of the molecule is CCCCN(CC(O)c1ccc(C)cc1)c1ccccc1. The maximum Gasteiger partial charge on any atom is 0.0964 e. The number of para-hydroxylation sites is 1. The number of aryl methyl sites for hydroxylation is 1. The summed E-state index contributed by atoms with van der Waals surface area (Å²) in [4.78, 5) is 2.27. The molecule has 2 aromatic rings. The third-order valence-corrected chi connectivity index (χ3v) is 3.76. The van der Waals surface area contributed by atoms with Crippen molar-refractivity contribution in [2.45, 2.75) is 32.8 Å². The van der Waals surface area contributed by atoms with E-state index in [-0.39, 0.29) is 0 Å². The van der Waals surface area contributed by atoms with Crippen LogP contribution in [0, 0.1) is 6.92 Å². The molecule has 0 spiro atoms. The molecule has 112 valence electrons. The predicted octanol–water partition coefficient (Wildman–Crippen LogP) is 4.34. The number of aliphatic hydroxyl groups is 1. The van der Waals surface area contributed by atoms with Crippen LogP contribution in [0.15, 0.2) is 54.6 Å². The molecule has 21 heavy (non-hydrogen) atoms. The number of unbranched alkanes of at least 4 members (excludes halogenated alkanes) is 1. The van der Waals surface area contributed by atoms with Gasteiger partial charge in [-0.1, -0.05) is 61.4 Å². The van der Waals surface area contributed by atoms with E-state index in [2.05, 4.69) is 43.0 Å². The number of nitrogens with zero attached hydrogens (tertiary/aromatic N) is 1. The number of aliphatic hydroxyl groups excluding tert-OH is 1. The van der Waals surface area contributed by atoms with Crippen molar-refractivity contribution in [1.82, 2.24) is 0 Å². The summed E-state index contributed by atoms with van der Waals surface area (Å²) in [5.74, 6) is 0. The summed E-state index contributed by atoms with van der Waals surface area (Å²) in [6.07, 6.45) is 1.84. The maximum atomic E-state index is 10.5. The summed E-state index contributed by atoms with van der Waals surface area (Å²) < 4.78 is 0. The van der Waals surface area contributed by atoms with Crippen molar-refractivity contribution >= 4 is 5.69 Å². The zero-order valence-electron chi connectivity index (χ0n) is 13.0.